The average molecular weight is 284 g/mol. The zero-order valence-electron chi connectivity index (χ0n) is 10.8. The highest BCUT2D eigenvalue weighted by Crippen LogP contribution is 2.30. The summed E-state index contributed by atoms with van der Waals surface area (Å²) >= 11 is 0. The van der Waals surface area contributed by atoms with Gasteiger partial charge in [0.15, 0.2) is 5.75 Å². The molecule has 0 aliphatic rings. The number of rotatable bonds is 6. The number of nitrogens with zero attached hydrogens (tertiary/aromatic N) is 1. The summed E-state index contributed by atoms with van der Waals surface area (Å²) in [5, 5.41) is 42.1. The molecule has 0 fully saturated rings. The molecule has 0 bridgehead atoms. The third-order valence-corrected chi connectivity index (χ3v) is 2.72. The molecule has 20 heavy (non-hydrogen) atoms. The number of carbonyl (C=O) groups excluding carboxylic acids is 1. The Hall–Kier alpha value is -2.19. The van der Waals surface area contributed by atoms with Crippen LogP contribution >= 0.6 is 0 Å². The van der Waals surface area contributed by atoms with E-state index in [1.165, 1.54) is 13.0 Å². The monoisotopic (exact) mass is 284 g/mol. The van der Waals surface area contributed by atoms with Crippen LogP contribution in [0.25, 0.3) is 0 Å². The van der Waals surface area contributed by atoms with E-state index in [9.17, 15) is 30.2 Å². The number of carbonyl (C=O) groups is 1. The standard InChI is InChI=1S/C12H16N2O6/c1-7(15)13-5-4-11(17)12(18)8-2-3-10(16)9(6-8)14(19)20/h2-3,6,11-12,16-18H,4-5H2,1H3,(H,13,15). The first kappa shape index (κ1) is 15.9. The van der Waals surface area contributed by atoms with E-state index in [1.807, 2.05) is 0 Å². The van der Waals surface area contributed by atoms with Crippen LogP contribution in [0.4, 0.5) is 5.69 Å². The molecule has 4 N–H and O–H groups in total. The first-order chi connectivity index (χ1) is 9.32. The van der Waals surface area contributed by atoms with E-state index in [0.717, 1.165) is 12.1 Å². The summed E-state index contributed by atoms with van der Waals surface area (Å²) in [6, 6.07) is 3.37. The van der Waals surface area contributed by atoms with Crippen molar-refractivity contribution in [1.29, 1.82) is 0 Å². The highest BCUT2D eigenvalue weighted by atomic mass is 16.6. The Morgan fingerprint density at radius 2 is 2.10 bits per heavy atom. The summed E-state index contributed by atoms with van der Waals surface area (Å²) < 4.78 is 0. The molecule has 0 aromatic heterocycles. The number of aromatic hydroxyl groups is 1. The second kappa shape index (κ2) is 6.83. The van der Waals surface area contributed by atoms with E-state index in [1.54, 1.807) is 0 Å². The molecule has 1 aromatic carbocycles. The van der Waals surface area contributed by atoms with Crippen molar-refractivity contribution < 1.29 is 25.0 Å². The molecule has 2 atom stereocenters. The maximum absolute atomic E-state index is 10.7. The maximum Gasteiger partial charge on any atom is 0.311 e. The highest BCUT2D eigenvalue weighted by molar-refractivity contribution is 5.72. The first-order valence-corrected chi connectivity index (χ1v) is 5.90. The molecule has 1 amide bonds. The molecule has 0 aliphatic heterocycles. The van der Waals surface area contributed by atoms with Crippen molar-refractivity contribution in [2.45, 2.75) is 25.6 Å². The normalized spacial score (nSPS) is 13.6. The molecule has 110 valence electrons. The smallest absolute Gasteiger partial charge is 0.311 e. The minimum absolute atomic E-state index is 0.0927. The lowest BCUT2D eigenvalue weighted by atomic mass is 10.0. The van der Waals surface area contributed by atoms with Crippen LogP contribution in [-0.2, 0) is 4.79 Å². The predicted molar refractivity (Wildman–Crippen MR) is 69.0 cm³/mol. The van der Waals surface area contributed by atoms with Crippen molar-refractivity contribution >= 4 is 11.6 Å². The van der Waals surface area contributed by atoms with E-state index in [0.29, 0.717) is 0 Å². The summed E-state index contributed by atoms with van der Waals surface area (Å²) in [7, 11) is 0. The topological polar surface area (TPSA) is 133 Å². The second-order valence-electron chi connectivity index (χ2n) is 4.29. The Balaban J connectivity index is 2.76. The summed E-state index contributed by atoms with van der Waals surface area (Å²) in [5.41, 5.74) is -0.430. The number of amides is 1. The molecule has 1 aromatic rings. The molecular weight excluding hydrogens is 268 g/mol. The molecule has 8 heteroatoms. The van der Waals surface area contributed by atoms with Gasteiger partial charge in [-0.15, -0.1) is 0 Å². The molecule has 0 aliphatic carbocycles. The van der Waals surface area contributed by atoms with Crippen LogP contribution in [0.15, 0.2) is 18.2 Å². The molecule has 0 saturated carbocycles. The predicted octanol–water partition coefficient (Wildman–Crippen LogP) is 0.221. The Kier molecular flexibility index (Phi) is 5.42. The first-order valence-electron chi connectivity index (χ1n) is 5.90. The molecule has 0 heterocycles. The zero-order chi connectivity index (χ0) is 15.3. The van der Waals surface area contributed by atoms with Gasteiger partial charge in [0.25, 0.3) is 0 Å². The van der Waals surface area contributed by atoms with Gasteiger partial charge in [0.05, 0.1) is 11.0 Å². The average Bonchev–Trinajstić information content (AvgIpc) is 2.37. The third-order valence-electron chi connectivity index (χ3n) is 2.72. The number of nitro groups is 1. The Labute approximate surface area is 114 Å². The van der Waals surface area contributed by atoms with E-state index in [4.69, 9.17) is 0 Å². The number of phenolic OH excluding ortho intramolecular Hbond substituents is 1. The summed E-state index contributed by atoms with van der Waals surface area (Å²) in [6.07, 6.45) is -2.44. The van der Waals surface area contributed by atoms with Crippen LogP contribution in [0.1, 0.15) is 25.0 Å². The molecule has 8 nitrogen and oxygen atoms in total. The van der Waals surface area contributed by atoms with Gasteiger partial charge in [-0.05, 0) is 18.1 Å². The van der Waals surface area contributed by atoms with Gasteiger partial charge in [-0.2, -0.15) is 0 Å². The van der Waals surface area contributed by atoms with Crippen molar-refractivity contribution in [3.63, 3.8) is 0 Å². The number of aliphatic hydroxyl groups excluding tert-OH is 2. The summed E-state index contributed by atoms with van der Waals surface area (Å²) in [5.74, 6) is -0.773. The fraction of sp³-hybridized carbons (Fsp3) is 0.417. The van der Waals surface area contributed by atoms with E-state index >= 15 is 0 Å². The van der Waals surface area contributed by atoms with E-state index in [2.05, 4.69) is 5.32 Å². The number of phenols is 1. The van der Waals surface area contributed by atoms with Crippen molar-refractivity contribution in [3.05, 3.63) is 33.9 Å². The van der Waals surface area contributed by atoms with Gasteiger partial charge in [0.1, 0.15) is 6.10 Å². The van der Waals surface area contributed by atoms with Gasteiger partial charge in [-0.3, -0.25) is 14.9 Å². The number of hydrogen-bond donors (Lipinski definition) is 4. The Morgan fingerprint density at radius 1 is 1.45 bits per heavy atom. The summed E-state index contributed by atoms with van der Waals surface area (Å²) in [4.78, 5) is 20.5. The number of nitro benzene ring substituents is 1. The van der Waals surface area contributed by atoms with Gasteiger partial charge in [-0.1, -0.05) is 6.07 Å². The molecule has 2 unspecified atom stereocenters. The van der Waals surface area contributed by atoms with Crippen molar-refractivity contribution in [3.8, 4) is 5.75 Å². The summed E-state index contributed by atoms with van der Waals surface area (Å²) in [6.45, 7) is 1.50. The zero-order valence-corrected chi connectivity index (χ0v) is 10.8. The number of aliphatic hydroxyl groups is 2. The fourth-order valence-electron chi connectivity index (χ4n) is 1.65. The van der Waals surface area contributed by atoms with E-state index < -0.39 is 28.6 Å². The van der Waals surface area contributed by atoms with Crippen molar-refractivity contribution in [2.75, 3.05) is 6.54 Å². The van der Waals surface area contributed by atoms with Crippen molar-refractivity contribution in [1.82, 2.24) is 5.32 Å². The highest BCUT2D eigenvalue weighted by Gasteiger charge is 2.22. The van der Waals surface area contributed by atoms with E-state index in [-0.39, 0.29) is 24.4 Å². The van der Waals surface area contributed by atoms with Crippen LogP contribution in [0, 0.1) is 10.1 Å². The maximum atomic E-state index is 10.7. The minimum Gasteiger partial charge on any atom is -0.502 e. The van der Waals surface area contributed by atoms with Crippen LogP contribution in [0.5, 0.6) is 5.75 Å². The van der Waals surface area contributed by atoms with Gasteiger partial charge in [0, 0.05) is 19.5 Å². The lowest BCUT2D eigenvalue weighted by molar-refractivity contribution is -0.386. The van der Waals surface area contributed by atoms with Crippen molar-refractivity contribution in [2.24, 2.45) is 0 Å². The Bertz CT molecular complexity index is 505. The molecule has 0 spiro atoms. The third kappa shape index (κ3) is 4.18. The van der Waals surface area contributed by atoms with Gasteiger partial charge in [0.2, 0.25) is 5.91 Å². The molecule has 0 saturated heterocycles. The Morgan fingerprint density at radius 3 is 2.65 bits per heavy atom. The van der Waals surface area contributed by atoms with Crippen LogP contribution < -0.4 is 5.32 Å². The number of benzene rings is 1. The minimum atomic E-state index is -1.34. The molecular formula is C12H16N2O6. The van der Waals surface area contributed by atoms with Gasteiger partial charge in [-0.25, -0.2) is 0 Å². The fourth-order valence-corrected chi connectivity index (χ4v) is 1.65. The quantitative estimate of drug-likeness (QED) is 0.436. The number of hydrogen-bond acceptors (Lipinski definition) is 6. The SMILES string of the molecule is CC(=O)NCCC(O)C(O)c1ccc(O)c([N+](=O)[O-])c1. The van der Waals surface area contributed by atoms with Crippen LogP contribution in [0.3, 0.4) is 0 Å². The van der Waals surface area contributed by atoms with Gasteiger partial charge < -0.3 is 20.6 Å². The number of nitrogens with one attached hydrogen (secondary N) is 1. The second-order valence-corrected chi connectivity index (χ2v) is 4.29. The lowest BCUT2D eigenvalue weighted by Gasteiger charge is -2.18. The molecule has 0 radical (unpaired) electrons. The lowest BCUT2D eigenvalue weighted by Crippen LogP contribution is -2.27. The largest absolute Gasteiger partial charge is 0.502 e. The van der Waals surface area contributed by atoms with Gasteiger partial charge >= 0.3 is 5.69 Å². The van der Waals surface area contributed by atoms with Crippen LogP contribution in [0.2, 0.25) is 0 Å². The molecule has 1 rings (SSSR count). The van der Waals surface area contributed by atoms with Crippen LogP contribution in [-0.4, -0.2) is 38.8 Å².